The third kappa shape index (κ3) is 7.43. The number of hydrogen-bond acceptors (Lipinski definition) is 6. The molecule has 0 radical (unpaired) electrons. The number of nitrogens with one attached hydrogen (secondary N) is 2. The second-order valence-electron chi connectivity index (χ2n) is 7.19. The summed E-state index contributed by atoms with van der Waals surface area (Å²) in [7, 11) is 0. The van der Waals surface area contributed by atoms with Gasteiger partial charge < -0.3 is 5.32 Å². The smallest absolute Gasteiger partial charge is 0.269 e. The summed E-state index contributed by atoms with van der Waals surface area (Å²) in [5.74, 6) is 0.177. The normalized spacial score (nSPS) is 11.1. The van der Waals surface area contributed by atoms with Gasteiger partial charge in [-0.1, -0.05) is 41.9 Å². The summed E-state index contributed by atoms with van der Waals surface area (Å²) in [6.45, 7) is 1.75. The van der Waals surface area contributed by atoms with Gasteiger partial charge in [-0.25, -0.2) is 5.43 Å². The summed E-state index contributed by atoms with van der Waals surface area (Å²) in [5, 5.41) is 18.1. The van der Waals surface area contributed by atoms with E-state index in [1.165, 1.54) is 23.9 Å². The fourth-order valence-corrected chi connectivity index (χ4v) is 3.84. The number of hydrazone groups is 1. The molecule has 0 aliphatic carbocycles. The molecule has 10 heteroatoms. The zero-order valence-corrected chi connectivity index (χ0v) is 19.7. The van der Waals surface area contributed by atoms with Crippen LogP contribution in [-0.2, 0) is 10.5 Å². The van der Waals surface area contributed by atoms with E-state index in [9.17, 15) is 19.7 Å². The van der Waals surface area contributed by atoms with Crippen molar-refractivity contribution in [2.24, 2.45) is 5.10 Å². The van der Waals surface area contributed by atoms with Crippen LogP contribution in [0.2, 0.25) is 5.02 Å². The van der Waals surface area contributed by atoms with E-state index in [4.69, 9.17) is 11.6 Å². The van der Waals surface area contributed by atoms with Crippen LogP contribution in [0.4, 0.5) is 11.4 Å². The molecule has 3 aromatic carbocycles. The lowest BCUT2D eigenvalue weighted by atomic mass is 10.1. The van der Waals surface area contributed by atoms with Crippen LogP contribution >= 0.6 is 23.4 Å². The number of carbonyl (C=O) groups is 2. The Kier molecular flexibility index (Phi) is 8.78. The molecule has 0 atom stereocenters. The van der Waals surface area contributed by atoms with Crippen molar-refractivity contribution in [3.8, 4) is 0 Å². The van der Waals surface area contributed by atoms with Crippen LogP contribution in [0.3, 0.4) is 0 Å². The number of thioether (sulfide) groups is 1. The summed E-state index contributed by atoms with van der Waals surface area (Å²) < 4.78 is 0. The third-order valence-electron chi connectivity index (χ3n) is 4.62. The topological polar surface area (TPSA) is 114 Å². The van der Waals surface area contributed by atoms with Gasteiger partial charge in [0.25, 0.3) is 11.6 Å². The van der Waals surface area contributed by atoms with Crippen LogP contribution in [-0.4, -0.2) is 28.2 Å². The minimum Gasteiger partial charge on any atom is -0.322 e. The number of carbonyl (C=O) groups excluding carboxylic acids is 2. The van der Waals surface area contributed by atoms with Crippen molar-refractivity contribution < 1.29 is 14.5 Å². The highest BCUT2D eigenvalue weighted by Crippen LogP contribution is 2.17. The predicted octanol–water partition coefficient (Wildman–Crippen LogP) is 5.27. The first-order valence-corrected chi connectivity index (χ1v) is 11.7. The molecule has 0 aliphatic rings. The maximum absolute atomic E-state index is 12.4. The van der Waals surface area contributed by atoms with Crippen LogP contribution in [0.5, 0.6) is 0 Å². The van der Waals surface area contributed by atoms with Gasteiger partial charge in [0.1, 0.15) is 0 Å². The standard InChI is InChI=1S/C24H21ClN4O4S/c1-16(27-28-23(30)15-34-14-17-8-10-22(11-9-17)29(32)33)18-4-3-7-21(13-18)26-24(31)19-5-2-6-20(25)12-19/h2-13H,14-15H2,1H3,(H,26,31)(H,28,30). The van der Waals surface area contributed by atoms with Crippen molar-refractivity contribution in [2.45, 2.75) is 12.7 Å². The van der Waals surface area contributed by atoms with E-state index in [-0.39, 0.29) is 23.3 Å². The van der Waals surface area contributed by atoms with Gasteiger partial charge >= 0.3 is 0 Å². The maximum Gasteiger partial charge on any atom is 0.269 e. The number of nitro groups is 1. The van der Waals surface area contributed by atoms with Gasteiger partial charge in [0.2, 0.25) is 5.91 Å². The fraction of sp³-hybridized carbons (Fsp3) is 0.125. The van der Waals surface area contributed by atoms with Gasteiger partial charge in [0.15, 0.2) is 0 Å². The van der Waals surface area contributed by atoms with E-state index in [0.29, 0.717) is 27.7 Å². The van der Waals surface area contributed by atoms with Crippen molar-refractivity contribution >= 4 is 52.3 Å². The van der Waals surface area contributed by atoms with Crippen LogP contribution in [0, 0.1) is 10.1 Å². The SMILES string of the molecule is CC(=NNC(=O)CSCc1ccc([N+](=O)[O-])cc1)c1cccc(NC(=O)c2cccc(Cl)c2)c1. The zero-order valence-electron chi connectivity index (χ0n) is 18.2. The quantitative estimate of drug-likeness (QED) is 0.238. The number of rotatable bonds is 9. The Balaban J connectivity index is 1.51. The van der Waals surface area contributed by atoms with Gasteiger partial charge in [-0.2, -0.15) is 5.10 Å². The Morgan fingerprint density at radius 2 is 1.74 bits per heavy atom. The molecule has 0 fully saturated rings. The predicted molar refractivity (Wildman–Crippen MR) is 135 cm³/mol. The number of amides is 2. The molecule has 0 spiro atoms. The molecule has 0 saturated heterocycles. The highest BCUT2D eigenvalue weighted by atomic mass is 35.5. The minimum absolute atomic E-state index is 0.0319. The molecule has 174 valence electrons. The van der Waals surface area contributed by atoms with Crippen LogP contribution in [0.25, 0.3) is 0 Å². The lowest BCUT2D eigenvalue weighted by molar-refractivity contribution is -0.384. The lowest BCUT2D eigenvalue weighted by Gasteiger charge is -2.08. The van der Waals surface area contributed by atoms with E-state index in [1.54, 1.807) is 61.5 Å². The summed E-state index contributed by atoms with van der Waals surface area (Å²) in [5.41, 5.74) is 5.79. The molecule has 0 aromatic heterocycles. The maximum atomic E-state index is 12.4. The number of halogens is 1. The van der Waals surface area contributed by atoms with E-state index < -0.39 is 4.92 Å². The number of benzene rings is 3. The summed E-state index contributed by atoms with van der Waals surface area (Å²) in [4.78, 5) is 34.8. The Morgan fingerprint density at radius 3 is 2.44 bits per heavy atom. The molecule has 2 N–H and O–H groups in total. The highest BCUT2D eigenvalue weighted by Gasteiger charge is 2.09. The molecular weight excluding hydrogens is 476 g/mol. The number of non-ortho nitro benzene ring substituents is 1. The molecule has 3 aromatic rings. The number of anilines is 1. The first-order valence-electron chi connectivity index (χ1n) is 10.1. The molecule has 34 heavy (non-hydrogen) atoms. The van der Waals surface area contributed by atoms with Crippen molar-refractivity contribution in [3.05, 3.63) is 105 Å². The van der Waals surface area contributed by atoms with E-state index >= 15 is 0 Å². The summed E-state index contributed by atoms with van der Waals surface area (Å²) in [6.07, 6.45) is 0. The van der Waals surface area contributed by atoms with Crippen LogP contribution < -0.4 is 10.7 Å². The van der Waals surface area contributed by atoms with E-state index in [2.05, 4.69) is 15.8 Å². The molecule has 2 amide bonds. The lowest BCUT2D eigenvalue weighted by Crippen LogP contribution is -2.21. The molecule has 8 nitrogen and oxygen atoms in total. The van der Waals surface area contributed by atoms with E-state index in [0.717, 1.165) is 11.1 Å². The Labute approximate surface area is 205 Å². The van der Waals surface area contributed by atoms with Crippen molar-refractivity contribution in [1.82, 2.24) is 5.43 Å². The third-order valence-corrected chi connectivity index (χ3v) is 5.86. The minimum atomic E-state index is -0.451. The van der Waals surface area contributed by atoms with Gasteiger partial charge in [-0.3, -0.25) is 19.7 Å². The average Bonchev–Trinajstić information content (AvgIpc) is 2.83. The van der Waals surface area contributed by atoms with Crippen molar-refractivity contribution in [2.75, 3.05) is 11.1 Å². The highest BCUT2D eigenvalue weighted by molar-refractivity contribution is 7.99. The van der Waals surface area contributed by atoms with Gasteiger partial charge in [-0.15, -0.1) is 11.8 Å². The number of hydrogen-bond donors (Lipinski definition) is 2. The number of nitro benzene ring substituents is 1. The Bertz CT molecular complexity index is 1230. The van der Waals surface area contributed by atoms with E-state index in [1.807, 2.05) is 6.07 Å². The second-order valence-corrected chi connectivity index (χ2v) is 8.62. The first kappa shape index (κ1) is 24.9. The summed E-state index contributed by atoms with van der Waals surface area (Å²) in [6, 6.07) is 20.0. The first-order chi connectivity index (χ1) is 16.3. The van der Waals surface area contributed by atoms with Gasteiger partial charge in [0.05, 0.1) is 16.4 Å². The Morgan fingerprint density at radius 1 is 1.03 bits per heavy atom. The summed E-state index contributed by atoms with van der Waals surface area (Å²) >= 11 is 7.32. The number of nitrogens with zero attached hydrogens (tertiary/aromatic N) is 2. The molecule has 0 heterocycles. The average molecular weight is 497 g/mol. The molecule has 0 aliphatic heterocycles. The van der Waals surface area contributed by atoms with Gasteiger partial charge in [-0.05, 0) is 48.4 Å². The molecule has 0 unspecified atom stereocenters. The van der Waals surface area contributed by atoms with Crippen molar-refractivity contribution in [1.29, 1.82) is 0 Å². The molecule has 0 saturated carbocycles. The zero-order chi connectivity index (χ0) is 24.5. The Hall–Kier alpha value is -3.69. The molecular formula is C24H21ClN4O4S. The van der Waals surface area contributed by atoms with Crippen LogP contribution in [0.1, 0.15) is 28.4 Å². The molecule has 3 rings (SSSR count). The molecule has 0 bridgehead atoms. The van der Waals surface area contributed by atoms with Gasteiger partial charge in [0, 0.05) is 34.2 Å². The van der Waals surface area contributed by atoms with Crippen LogP contribution in [0.15, 0.2) is 77.9 Å². The largest absolute Gasteiger partial charge is 0.322 e. The van der Waals surface area contributed by atoms with Crippen molar-refractivity contribution in [3.63, 3.8) is 0 Å². The monoisotopic (exact) mass is 496 g/mol. The fourth-order valence-electron chi connectivity index (χ4n) is 2.87. The second kappa shape index (κ2) is 12.0.